The van der Waals surface area contributed by atoms with Crippen LogP contribution in [0.15, 0.2) is 12.1 Å². The molecule has 102 valence electrons. The summed E-state index contributed by atoms with van der Waals surface area (Å²) < 4.78 is 5.11. The topological polar surface area (TPSA) is 60.2 Å². The molecule has 0 saturated carbocycles. The highest BCUT2D eigenvalue weighted by atomic mass is 16.5. The van der Waals surface area contributed by atoms with Crippen molar-refractivity contribution in [1.29, 1.82) is 0 Å². The Morgan fingerprint density at radius 2 is 2.17 bits per heavy atom. The molecule has 1 atom stereocenters. The minimum Gasteiger partial charge on any atom is -0.479 e. The fraction of sp³-hybridized carbons (Fsp3) is 0.643. The van der Waals surface area contributed by atoms with Crippen molar-refractivity contribution in [3.8, 4) is 5.88 Å². The Morgan fingerprint density at radius 3 is 2.78 bits per heavy atom. The first-order valence-electron chi connectivity index (χ1n) is 6.75. The van der Waals surface area contributed by atoms with Gasteiger partial charge in [0.05, 0.1) is 12.8 Å². The van der Waals surface area contributed by atoms with Crippen LogP contribution in [0.3, 0.4) is 0 Å². The number of ether oxygens (including phenoxy) is 1. The number of nitrogens with two attached hydrogens (primary N) is 1. The van der Waals surface area contributed by atoms with Crippen LogP contribution in [0.2, 0.25) is 0 Å². The predicted molar refractivity (Wildman–Crippen MR) is 77.0 cm³/mol. The number of hydrogen-bond donors (Lipinski definition) is 2. The van der Waals surface area contributed by atoms with Gasteiger partial charge in [0.2, 0.25) is 5.88 Å². The second kappa shape index (κ2) is 7.80. The molecule has 0 radical (unpaired) electrons. The summed E-state index contributed by atoms with van der Waals surface area (Å²) in [5, 5.41) is 3.36. The zero-order chi connectivity index (χ0) is 13.4. The highest BCUT2D eigenvalue weighted by Gasteiger charge is 2.07. The molecule has 0 aromatic carbocycles. The zero-order valence-electron chi connectivity index (χ0n) is 11.7. The Hall–Kier alpha value is -1.45. The number of unbranched alkanes of at least 4 members (excludes halogenated alkanes) is 1. The lowest BCUT2D eigenvalue weighted by Gasteiger charge is -2.16. The van der Waals surface area contributed by atoms with Crippen LogP contribution in [-0.2, 0) is 0 Å². The van der Waals surface area contributed by atoms with Crippen molar-refractivity contribution in [2.45, 2.75) is 39.5 Å². The van der Waals surface area contributed by atoms with E-state index >= 15 is 0 Å². The van der Waals surface area contributed by atoms with Crippen molar-refractivity contribution >= 4 is 11.5 Å². The Morgan fingerprint density at radius 1 is 1.39 bits per heavy atom. The molecule has 0 amide bonds. The normalized spacial score (nSPS) is 12.2. The number of nitrogen functional groups attached to an aromatic ring is 1. The highest BCUT2D eigenvalue weighted by Crippen LogP contribution is 2.21. The van der Waals surface area contributed by atoms with Crippen molar-refractivity contribution in [3.05, 3.63) is 12.1 Å². The minimum atomic E-state index is 0.488. The van der Waals surface area contributed by atoms with Gasteiger partial charge in [0.15, 0.2) is 0 Å². The molecule has 0 aliphatic rings. The molecule has 4 nitrogen and oxygen atoms in total. The smallest absolute Gasteiger partial charge is 0.238 e. The lowest BCUT2D eigenvalue weighted by molar-refractivity contribution is 0.400. The molecule has 1 heterocycles. The van der Waals surface area contributed by atoms with Gasteiger partial charge >= 0.3 is 0 Å². The lowest BCUT2D eigenvalue weighted by Crippen LogP contribution is -2.14. The quantitative estimate of drug-likeness (QED) is 0.744. The Kier molecular flexibility index (Phi) is 6.33. The van der Waals surface area contributed by atoms with Crippen molar-refractivity contribution in [2.75, 3.05) is 24.7 Å². The molecule has 1 aromatic heterocycles. The van der Waals surface area contributed by atoms with E-state index in [9.17, 15) is 0 Å². The van der Waals surface area contributed by atoms with E-state index in [1.54, 1.807) is 7.11 Å². The summed E-state index contributed by atoms with van der Waals surface area (Å²) in [5.41, 5.74) is 6.30. The summed E-state index contributed by atoms with van der Waals surface area (Å²) in [6, 6.07) is 3.71. The van der Waals surface area contributed by atoms with Crippen LogP contribution in [-0.4, -0.2) is 18.6 Å². The minimum absolute atomic E-state index is 0.488. The molecule has 1 unspecified atom stereocenters. The zero-order valence-corrected chi connectivity index (χ0v) is 11.7. The second-order valence-electron chi connectivity index (χ2n) is 4.59. The molecule has 0 bridgehead atoms. The number of methoxy groups -OCH3 is 1. The van der Waals surface area contributed by atoms with Gasteiger partial charge in [0.25, 0.3) is 0 Å². The Balaban J connectivity index is 2.51. The maximum Gasteiger partial charge on any atom is 0.238 e. The van der Waals surface area contributed by atoms with E-state index in [1.807, 2.05) is 12.1 Å². The van der Waals surface area contributed by atoms with E-state index in [4.69, 9.17) is 10.5 Å². The number of hydrogen-bond acceptors (Lipinski definition) is 4. The average Bonchev–Trinajstić information content (AvgIpc) is 2.40. The van der Waals surface area contributed by atoms with Crippen LogP contribution in [0.25, 0.3) is 0 Å². The third kappa shape index (κ3) is 4.43. The van der Waals surface area contributed by atoms with E-state index in [0.29, 0.717) is 17.5 Å². The van der Waals surface area contributed by atoms with Crippen molar-refractivity contribution in [3.63, 3.8) is 0 Å². The second-order valence-corrected chi connectivity index (χ2v) is 4.59. The Labute approximate surface area is 110 Å². The summed E-state index contributed by atoms with van der Waals surface area (Å²) >= 11 is 0. The third-order valence-electron chi connectivity index (χ3n) is 3.20. The number of rotatable bonds is 8. The number of nitrogens with one attached hydrogen (secondary N) is 1. The van der Waals surface area contributed by atoms with E-state index in [-0.39, 0.29) is 0 Å². The lowest BCUT2D eigenvalue weighted by atomic mass is 9.99. The van der Waals surface area contributed by atoms with Crippen molar-refractivity contribution in [2.24, 2.45) is 5.92 Å². The van der Waals surface area contributed by atoms with Gasteiger partial charge in [0, 0.05) is 6.54 Å². The molecule has 0 aliphatic carbocycles. The van der Waals surface area contributed by atoms with Gasteiger partial charge < -0.3 is 15.8 Å². The van der Waals surface area contributed by atoms with Crippen molar-refractivity contribution < 1.29 is 4.74 Å². The molecule has 0 saturated heterocycles. The third-order valence-corrected chi connectivity index (χ3v) is 3.20. The first-order valence-corrected chi connectivity index (χ1v) is 6.75. The van der Waals surface area contributed by atoms with Crippen molar-refractivity contribution in [1.82, 2.24) is 4.98 Å². The predicted octanol–water partition coefficient (Wildman–Crippen LogP) is 3.30. The molecule has 18 heavy (non-hydrogen) atoms. The van der Waals surface area contributed by atoms with Gasteiger partial charge in [-0.2, -0.15) is 4.98 Å². The van der Waals surface area contributed by atoms with Crippen LogP contribution >= 0.6 is 0 Å². The van der Waals surface area contributed by atoms with Gasteiger partial charge in [0.1, 0.15) is 5.82 Å². The number of pyridine rings is 1. The first kappa shape index (κ1) is 14.6. The van der Waals surface area contributed by atoms with Gasteiger partial charge in [-0.15, -0.1) is 0 Å². The van der Waals surface area contributed by atoms with Gasteiger partial charge in [-0.25, -0.2) is 0 Å². The number of nitrogens with zero attached hydrogens (tertiary/aromatic N) is 1. The van der Waals surface area contributed by atoms with E-state index in [0.717, 1.165) is 12.4 Å². The van der Waals surface area contributed by atoms with Crippen LogP contribution in [0.4, 0.5) is 11.5 Å². The fourth-order valence-corrected chi connectivity index (χ4v) is 1.91. The Bertz CT molecular complexity index is 355. The molecule has 3 N–H and O–H groups in total. The van der Waals surface area contributed by atoms with Crippen LogP contribution in [0, 0.1) is 5.92 Å². The standard InChI is InChI=1S/C14H25N3O/c1-4-6-7-11(5-2)10-16-13-9-8-12(15)14(17-13)18-3/h8-9,11H,4-7,10,15H2,1-3H3,(H,16,17). The summed E-state index contributed by atoms with van der Waals surface area (Å²) in [6.45, 7) is 5.42. The highest BCUT2D eigenvalue weighted by molar-refractivity contribution is 5.53. The molecular weight excluding hydrogens is 226 g/mol. The number of aromatic nitrogens is 1. The van der Waals surface area contributed by atoms with Crippen LogP contribution < -0.4 is 15.8 Å². The van der Waals surface area contributed by atoms with E-state index in [2.05, 4.69) is 24.1 Å². The summed E-state index contributed by atoms with van der Waals surface area (Å²) in [7, 11) is 1.58. The van der Waals surface area contributed by atoms with E-state index < -0.39 is 0 Å². The average molecular weight is 251 g/mol. The molecule has 1 aromatic rings. The maximum atomic E-state index is 5.73. The summed E-state index contributed by atoms with van der Waals surface area (Å²) in [6.07, 6.45) is 5.01. The largest absolute Gasteiger partial charge is 0.479 e. The number of anilines is 2. The van der Waals surface area contributed by atoms with Gasteiger partial charge in [-0.05, 0) is 24.5 Å². The monoisotopic (exact) mass is 251 g/mol. The van der Waals surface area contributed by atoms with Crippen LogP contribution in [0.5, 0.6) is 5.88 Å². The molecular formula is C14H25N3O. The summed E-state index contributed by atoms with van der Waals surface area (Å²) in [4.78, 5) is 4.32. The molecule has 0 fully saturated rings. The van der Waals surface area contributed by atoms with Gasteiger partial charge in [-0.1, -0.05) is 33.1 Å². The first-order chi connectivity index (χ1) is 8.71. The molecule has 0 spiro atoms. The SMILES string of the molecule is CCCCC(CC)CNc1ccc(N)c(OC)n1. The molecule has 4 heteroatoms. The van der Waals surface area contributed by atoms with Gasteiger partial charge in [-0.3, -0.25) is 0 Å². The van der Waals surface area contributed by atoms with Crippen LogP contribution in [0.1, 0.15) is 39.5 Å². The maximum absolute atomic E-state index is 5.73. The molecule has 1 rings (SSSR count). The fourth-order valence-electron chi connectivity index (χ4n) is 1.91. The molecule has 0 aliphatic heterocycles. The summed E-state index contributed by atoms with van der Waals surface area (Å²) in [5.74, 6) is 2.02. The van der Waals surface area contributed by atoms with E-state index in [1.165, 1.54) is 25.7 Å².